The van der Waals surface area contributed by atoms with Crippen LogP contribution in [-0.2, 0) is 6.61 Å². The van der Waals surface area contributed by atoms with Gasteiger partial charge in [0.15, 0.2) is 11.5 Å². The van der Waals surface area contributed by atoms with E-state index in [0.29, 0.717) is 46.6 Å². The summed E-state index contributed by atoms with van der Waals surface area (Å²) in [6, 6.07) is 20.0. The van der Waals surface area contributed by atoms with E-state index in [0.717, 1.165) is 5.56 Å². The van der Waals surface area contributed by atoms with Crippen molar-refractivity contribution in [2.45, 2.75) is 13.5 Å². The Labute approximate surface area is 186 Å². The number of amides is 1. The molecule has 0 saturated heterocycles. The molecule has 0 aliphatic carbocycles. The smallest absolute Gasteiger partial charge is 0.271 e. The molecule has 6 nitrogen and oxygen atoms in total. The summed E-state index contributed by atoms with van der Waals surface area (Å²) in [4.78, 5) is 12.5. The molecule has 31 heavy (non-hydrogen) atoms. The maximum absolute atomic E-state index is 12.5. The highest BCUT2D eigenvalue weighted by Gasteiger charge is 2.11. The van der Waals surface area contributed by atoms with Gasteiger partial charge >= 0.3 is 0 Å². The molecule has 0 radical (unpaired) electrons. The topological polar surface area (TPSA) is 69.2 Å². The van der Waals surface area contributed by atoms with Crippen LogP contribution in [0.25, 0.3) is 0 Å². The molecule has 0 bridgehead atoms. The quantitative estimate of drug-likeness (QED) is 0.373. The van der Waals surface area contributed by atoms with Crippen molar-refractivity contribution in [3.8, 4) is 17.2 Å². The summed E-state index contributed by atoms with van der Waals surface area (Å²) >= 11 is 6.12. The molecule has 3 aromatic carbocycles. The molecule has 3 aromatic rings. The zero-order valence-electron chi connectivity index (χ0n) is 17.3. The lowest BCUT2D eigenvalue weighted by Gasteiger charge is -2.11. The number of rotatable bonds is 9. The third-order valence-electron chi connectivity index (χ3n) is 4.30. The van der Waals surface area contributed by atoms with Crippen molar-refractivity contribution in [1.29, 1.82) is 0 Å². The van der Waals surface area contributed by atoms with Gasteiger partial charge in [-0.3, -0.25) is 4.79 Å². The van der Waals surface area contributed by atoms with Gasteiger partial charge < -0.3 is 14.2 Å². The number of nitrogens with one attached hydrogen (secondary N) is 1. The fourth-order valence-electron chi connectivity index (χ4n) is 2.80. The van der Waals surface area contributed by atoms with E-state index in [1.807, 2.05) is 37.3 Å². The minimum Gasteiger partial charge on any atom is -0.493 e. The SMILES string of the molecule is CCOc1cc(C(=O)N/N=C/c2cc(Cl)ccc2OCc2ccccc2)ccc1OC. The van der Waals surface area contributed by atoms with E-state index in [2.05, 4.69) is 10.5 Å². The van der Waals surface area contributed by atoms with Crippen LogP contribution in [0.4, 0.5) is 0 Å². The Kier molecular flexibility index (Phi) is 7.90. The molecule has 0 aromatic heterocycles. The lowest BCUT2D eigenvalue weighted by Crippen LogP contribution is -2.17. The summed E-state index contributed by atoms with van der Waals surface area (Å²) in [7, 11) is 1.55. The van der Waals surface area contributed by atoms with Gasteiger partial charge in [-0.25, -0.2) is 5.43 Å². The van der Waals surface area contributed by atoms with Gasteiger partial charge in [0, 0.05) is 16.1 Å². The number of hydrogen-bond acceptors (Lipinski definition) is 5. The zero-order chi connectivity index (χ0) is 22.1. The Bertz CT molecular complexity index is 1050. The fraction of sp³-hybridized carbons (Fsp3) is 0.167. The molecule has 3 rings (SSSR count). The summed E-state index contributed by atoms with van der Waals surface area (Å²) < 4.78 is 16.6. The first kappa shape index (κ1) is 22.2. The Hall–Kier alpha value is -3.51. The van der Waals surface area contributed by atoms with Crippen molar-refractivity contribution in [1.82, 2.24) is 5.43 Å². The number of hydrogen-bond donors (Lipinski definition) is 1. The van der Waals surface area contributed by atoms with E-state index >= 15 is 0 Å². The normalized spacial score (nSPS) is 10.7. The van der Waals surface area contributed by atoms with E-state index in [1.54, 1.807) is 43.5 Å². The van der Waals surface area contributed by atoms with Gasteiger partial charge in [0.25, 0.3) is 5.91 Å². The van der Waals surface area contributed by atoms with Crippen molar-refractivity contribution in [3.63, 3.8) is 0 Å². The summed E-state index contributed by atoms with van der Waals surface area (Å²) in [5.41, 5.74) is 4.59. The van der Waals surface area contributed by atoms with E-state index in [4.69, 9.17) is 25.8 Å². The Morgan fingerprint density at radius 1 is 1.00 bits per heavy atom. The lowest BCUT2D eigenvalue weighted by atomic mass is 10.2. The molecule has 0 aliphatic rings. The average Bonchev–Trinajstić information content (AvgIpc) is 2.79. The molecule has 1 amide bonds. The average molecular weight is 439 g/mol. The van der Waals surface area contributed by atoms with E-state index < -0.39 is 0 Å². The molecule has 160 valence electrons. The maximum Gasteiger partial charge on any atom is 0.271 e. The largest absolute Gasteiger partial charge is 0.493 e. The predicted octanol–water partition coefficient (Wildman–Crippen LogP) is 5.09. The minimum atomic E-state index is -0.381. The highest BCUT2D eigenvalue weighted by atomic mass is 35.5. The number of ether oxygens (including phenoxy) is 3. The van der Waals surface area contributed by atoms with E-state index in [-0.39, 0.29) is 5.91 Å². The highest BCUT2D eigenvalue weighted by Crippen LogP contribution is 2.28. The second-order valence-electron chi connectivity index (χ2n) is 6.45. The van der Waals surface area contributed by atoms with Crippen molar-refractivity contribution in [3.05, 3.63) is 88.4 Å². The van der Waals surface area contributed by atoms with Gasteiger partial charge in [-0.1, -0.05) is 41.9 Å². The third-order valence-corrected chi connectivity index (χ3v) is 4.54. The monoisotopic (exact) mass is 438 g/mol. The molecule has 0 aliphatic heterocycles. The summed E-state index contributed by atoms with van der Waals surface area (Å²) in [5, 5.41) is 4.60. The van der Waals surface area contributed by atoms with Crippen LogP contribution in [0.15, 0.2) is 71.8 Å². The first-order valence-corrected chi connectivity index (χ1v) is 10.1. The molecule has 0 fully saturated rings. The van der Waals surface area contributed by atoms with Gasteiger partial charge in [0.2, 0.25) is 0 Å². The maximum atomic E-state index is 12.5. The van der Waals surface area contributed by atoms with Crippen molar-refractivity contribution < 1.29 is 19.0 Å². The Balaban J connectivity index is 1.69. The highest BCUT2D eigenvalue weighted by molar-refractivity contribution is 6.30. The van der Waals surface area contributed by atoms with Crippen LogP contribution in [0.5, 0.6) is 17.2 Å². The van der Waals surface area contributed by atoms with Crippen LogP contribution in [0.1, 0.15) is 28.4 Å². The number of carbonyl (C=O) groups is 1. The second kappa shape index (κ2) is 11.0. The van der Waals surface area contributed by atoms with Crippen LogP contribution in [0, 0.1) is 0 Å². The standard InChI is InChI=1S/C24H23ClN2O4/c1-3-30-23-14-18(9-11-22(23)29-2)24(28)27-26-15-19-13-20(25)10-12-21(19)31-16-17-7-5-4-6-8-17/h4-15H,3,16H2,1-2H3,(H,27,28)/b26-15+. The molecule has 0 saturated carbocycles. The van der Waals surface area contributed by atoms with E-state index in [1.165, 1.54) is 6.21 Å². The van der Waals surface area contributed by atoms with Gasteiger partial charge in [0.1, 0.15) is 12.4 Å². The van der Waals surface area contributed by atoms with Crippen LogP contribution in [0.2, 0.25) is 5.02 Å². The Morgan fingerprint density at radius 2 is 1.77 bits per heavy atom. The molecule has 0 atom stereocenters. The van der Waals surface area contributed by atoms with E-state index in [9.17, 15) is 4.79 Å². The van der Waals surface area contributed by atoms with Crippen LogP contribution in [-0.4, -0.2) is 25.8 Å². The predicted molar refractivity (Wildman–Crippen MR) is 121 cm³/mol. The number of hydrazone groups is 1. The fourth-order valence-corrected chi connectivity index (χ4v) is 2.98. The second-order valence-corrected chi connectivity index (χ2v) is 6.89. The van der Waals surface area contributed by atoms with Crippen LogP contribution < -0.4 is 19.6 Å². The number of nitrogens with zero attached hydrogens (tertiary/aromatic N) is 1. The number of benzene rings is 3. The number of carbonyl (C=O) groups excluding carboxylic acids is 1. The van der Waals surface area contributed by atoms with Crippen molar-refractivity contribution in [2.24, 2.45) is 5.10 Å². The molecular weight excluding hydrogens is 416 g/mol. The van der Waals surface area contributed by atoms with Crippen LogP contribution >= 0.6 is 11.6 Å². The zero-order valence-corrected chi connectivity index (χ0v) is 18.1. The molecule has 0 spiro atoms. The van der Waals surface area contributed by atoms with Gasteiger partial charge in [-0.15, -0.1) is 0 Å². The summed E-state index contributed by atoms with van der Waals surface area (Å²) in [6.07, 6.45) is 1.50. The van der Waals surface area contributed by atoms with Gasteiger partial charge in [0.05, 0.1) is 19.9 Å². The third kappa shape index (κ3) is 6.23. The van der Waals surface area contributed by atoms with Crippen molar-refractivity contribution >= 4 is 23.7 Å². The van der Waals surface area contributed by atoms with Gasteiger partial charge in [-0.2, -0.15) is 5.10 Å². The molecule has 7 heteroatoms. The molecular formula is C24H23ClN2O4. The first-order valence-electron chi connectivity index (χ1n) is 9.71. The first-order chi connectivity index (χ1) is 15.1. The number of halogens is 1. The van der Waals surface area contributed by atoms with Crippen LogP contribution in [0.3, 0.4) is 0 Å². The van der Waals surface area contributed by atoms with Crippen molar-refractivity contribution in [2.75, 3.05) is 13.7 Å². The van der Waals surface area contributed by atoms with Gasteiger partial charge in [-0.05, 0) is 48.9 Å². The summed E-state index contributed by atoms with van der Waals surface area (Å²) in [5.74, 6) is 1.28. The lowest BCUT2D eigenvalue weighted by molar-refractivity contribution is 0.0954. The summed E-state index contributed by atoms with van der Waals surface area (Å²) in [6.45, 7) is 2.72. The molecule has 1 N–H and O–H groups in total. The molecule has 0 unspecified atom stereocenters. The minimum absolute atomic E-state index is 0.381. The molecule has 0 heterocycles. The Morgan fingerprint density at radius 3 is 2.52 bits per heavy atom. The number of methoxy groups -OCH3 is 1.